The van der Waals surface area contributed by atoms with Crippen molar-refractivity contribution < 1.29 is 84.5 Å². The van der Waals surface area contributed by atoms with Crippen LogP contribution in [0.4, 0.5) is 5.69 Å². The Morgan fingerprint density at radius 2 is 1.19 bits per heavy atom. The number of anilines is 1. The lowest BCUT2D eigenvalue weighted by Gasteiger charge is -2.41. The minimum atomic E-state index is -1.51. The van der Waals surface area contributed by atoms with Gasteiger partial charge in [0.25, 0.3) is 0 Å². The fourth-order valence-corrected chi connectivity index (χ4v) is 8.85. The second kappa shape index (κ2) is 35.5. The van der Waals surface area contributed by atoms with Gasteiger partial charge in [-0.2, -0.15) is 0 Å². The van der Waals surface area contributed by atoms with Gasteiger partial charge in [-0.3, -0.25) is 19.2 Å². The summed E-state index contributed by atoms with van der Waals surface area (Å²) in [7, 11) is 1.77. The quantitative estimate of drug-likeness (QED) is 0.0901. The lowest BCUT2D eigenvalue weighted by molar-refractivity contribution is -0.279. The molecule has 0 radical (unpaired) electrons. The number of aliphatic hydroxyl groups excluding tert-OH is 10. The molecule has 434 valence electrons. The highest BCUT2D eigenvalue weighted by atomic mass is 16.7. The molecule has 19 heteroatoms. The molecule has 0 amide bonds. The van der Waals surface area contributed by atoms with Gasteiger partial charge in [0.1, 0.15) is 29.5 Å². The van der Waals surface area contributed by atoms with E-state index in [1.807, 2.05) is 6.92 Å². The number of hydrogen-bond donors (Lipinski definition) is 12. The van der Waals surface area contributed by atoms with Crippen LogP contribution in [0.5, 0.6) is 0 Å². The molecule has 2 aliphatic rings. The summed E-state index contributed by atoms with van der Waals surface area (Å²) in [5.41, 5.74) is 7.83. The molecule has 2 heterocycles. The van der Waals surface area contributed by atoms with Crippen molar-refractivity contribution in [2.75, 3.05) is 12.4 Å². The van der Waals surface area contributed by atoms with E-state index in [0.717, 1.165) is 5.69 Å². The summed E-state index contributed by atoms with van der Waals surface area (Å²) < 4.78 is 17.6. The van der Waals surface area contributed by atoms with E-state index in [4.69, 9.17) is 19.9 Å². The third-order valence-corrected chi connectivity index (χ3v) is 13.6. The molecule has 1 aromatic rings. The number of hydrogen-bond acceptors (Lipinski definition) is 19. The fraction of sp³-hybridized carbons (Fsp3) is 0.559. The third-order valence-electron chi connectivity index (χ3n) is 13.6. The zero-order valence-electron chi connectivity index (χ0n) is 45.5. The number of Topliss-reactive ketones (excluding diaryl/α,β-unsaturated/α-hetero) is 3. The molecular weight excluding hydrogens is 1010 g/mol. The molecule has 12 unspecified atom stereocenters. The number of esters is 1. The summed E-state index contributed by atoms with van der Waals surface area (Å²) >= 11 is 0. The number of rotatable bonds is 10. The first-order valence-corrected chi connectivity index (χ1v) is 26.8. The molecule has 19 nitrogen and oxygen atoms in total. The lowest BCUT2D eigenvalue weighted by Crippen LogP contribution is -2.61. The van der Waals surface area contributed by atoms with Gasteiger partial charge in [0.05, 0.1) is 79.9 Å². The average molecular weight is 1100 g/mol. The molecule has 2 aliphatic heterocycles. The molecule has 1 saturated heterocycles. The van der Waals surface area contributed by atoms with Crippen LogP contribution in [0.2, 0.25) is 0 Å². The number of carbonyl (C=O) groups is 4. The van der Waals surface area contributed by atoms with Crippen LogP contribution in [-0.4, -0.2) is 167 Å². The van der Waals surface area contributed by atoms with E-state index < -0.39 is 141 Å². The third kappa shape index (κ3) is 25.3. The Labute approximate surface area is 458 Å². The van der Waals surface area contributed by atoms with Gasteiger partial charge in [-0.1, -0.05) is 98.9 Å². The zero-order valence-corrected chi connectivity index (χ0v) is 45.5. The standard InChI is InChI=1S/C59H86N2O17/c1-36-18-16-14-12-10-8-6-7-9-11-13-15-17-19-50(77-59-57(75)56(74)55(60)39(4)76-59)35-52(71)38(3)51(70)33-48(68)30-46(66)28-44(64)26-43(63)27-45(65)29-47(67)31-49(69)34-54(73)78-58(36)37(2)20-25-42(62)32-53(72)40-21-23-41(61-5)24-22-40/h6-19,21-24,37-39,42-45,47,49-52,55-57,59,61-65,67,69-71,74-75H,20,25-35,60H2,1-5H3/t37?,38?,39-,42?,43?,44?,45?,47?,49?,50?,51?,52?,55-,56+,57+,59?/m1/s1. The van der Waals surface area contributed by atoms with Crippen molar-refractivity contribution in [3.8, 4) is 0 Å². The largest absolute Gasteiger partial charge is 0.430 e. The second-order valence-electron chi connectivity index (χ2n) is 20.5. The van der Waals surface area contributed by atoms with Crippen LogP contribution >= 0.6 is 0 Å². The molecule has 0 saturated carbocycles. The number of aliphatic hydroxyl groups is 10. The zero-order chi connectivity index (χ0) is 57.9. The maximum absolute atomic E-state index is 13.3. The maximum Gasteiger partial charge on any atom is 0.313 e. The smallest absolute Gasteiger partial charge is 0.313 e. The Bertz CT molecular complexity index is 2260. The Hall–Kier alpha value is -5.10. The van der Waals surface area contributed by atoms with Crippen LogP contribution in [0.25, 0.3) is 0 Å². The maximum atomic E-state index is 13.3. The summed E-state index contributed by atoms with van der Waals surface area (Å²) in [6.45, 7) is 6.67. The van der Waals surface area contributed by atoms with E-state index in [1.54, 1.807) is 130 Å². The first-order valence-electron chi connectivity index (χ1n) is 26.8. The number of benzene rings is 1. The number of ketones is 3. The topological polar surface area (TPSA) is 336 Å². The molecule has 0 aliphatic carbocycles. The molecule has 1 fully saturated rings. The summed E-state index contributed by atoms with van der Waals surface area (Å²) in [6, 6.07) is 6.02. The van der Waals surface area contributed by atoms with Gasteiger partial charge in [-0.15, -0.1) is 0 Å². The lowest BCUT2D eigenvalue weighted by atomic mass is 9.89. The Morgan fingerprint density at radius 3 is 1.76 bits per heavy atom. The van der Waals surface area contributed by atoms with Crippen LogP contribution < -0.4 is 11.1 Å². The van der Waals surface area contributed by atoms with Crippen molar-refractivity contribution in [1.29, 1.82) is 0 Å². The number of nitrogens with one attached hydrogen (secondary N) is 1. The minimum absolute atomic E-state index is 0.110. The van der Waals surface area contributed by atoms with Crippen molar-refractivity contribution in [2.45, 2.75) is 190 Å². The minimum Gasteiger partial charge on any atom is -0.430 e. The van der Waals surface area contributed by atoms with Crippen molar-refractivity contribution in [2.24, 2.45) is 17.6 Å². The molecule has 78 heavy (non-hydrogen) atoms. The van der Waals surface area contributed by atoms with Crippen LogP contribution in [0, 0.1) is 11.8 Å². The van der Waals surface area contributed by atoms with Gasteiger partial charge in [0.15, 0.2) is 12.1 Å². The van der Waals surface area contributed by atoms with Gasteiger partial charge < -0.3 is 76.3 Å². The summed E-state index contributed by atoms with van der Waals surface area (Å²) in [6.07, 6.45) is 4.93. The SMILES string of the molecule is CNc1ccc(C(=O)CC(O)CCC(C)C2=C(C)C=CC=CC=CC=CC=CC=CC=CC(OC3O[C@H](C)[C@@H](N)[C@H](O)[C@@H]3O)CC(O)C(C)C(O)CC(=O)CC(=O)CC(O)CC(O)CC(O)CC(O)CC(O)CC(=O)O2)cc1. The molecule has 0 aromatic heterocycles. The number of carbonyl (C=O) groups excluding carboxylic acids is 4. The molecule has 13 N–H and O–H groups in total. The molecular formula is C59H86N2O17. The van der Waals surface area contributed by atoms with E-state index in [-0.39, 0.29) is 56.5 Å². The molecule has 16 atom stereocenters. The van der Waals surface area contributed by atoms with Crippen molar-refractivity contribution in [3.63, 3.8) is 0 Å². The van der Waals surface area contributed by atoms with Crippen LogP contribution in [-0.2, 0) is 28.6 Å². The van der Waals surface area contributed by atoms with E-state index in [9.17, 15) is 70.2 Å². The van der Waals surface area contributed by atoms with Crippen LogP contribution in [0.1, 0.15) is 115 Å². The van der Waals surface area contributed by atoms with E-state index in [2.05, 4.69) is 5.32 Å². The van der Waals surface area contributed by atoms with Crippen LogP contribution in [0.15, 0.2) is 121 Å². The molecule has 3 rings (SSSR count). The highest BCUT2D eigenvalue weighted by molar-refractivity contribution is 5.99. The summed E-state index contributed by atoms with van der Waals surface area (Å²) in [4.78, 5) is 51.8. The second-order valence-corrected chi connectivity index (χ2v) is 20.5. The average Bonchev–Trinajstić information content (AvgIpc) is 3.38. The highest BCUT2D eigenvalue weighted by Gasteiger charge is 2.42. The number of cyclic esters (lactones) is 1. The molecule has 1 aromatic carbocycles. The monoisotopic (exact) mass is 1090 g/mol. The molecule has 0 bridgehead atoms. The van der Waals surface area contributed by atoms with Gasteiger partial charge >= 0.3 is 5.97 Å². The van der Waals surface area contributed by atoms with E-state index in [0.29, 0.717) is 17.6 Å². The number of allylic oxidation sites excluding steroid dienone is 15. The molecule has 0 spiro atoms. The first kappa shape index (κ1) is 67.2. The predicted molar refractivity (Wildman–Crippen MR) is 294 cm³/mol. The van der Waals surface area contributed by atoms with E-state index >= 15 is 0 Å². The Morgan fingerprint density at radius 1 is 0.679 bits per heavy atom. The van der Waals surface area contributed by atoms with Crippen molar-refractivity contribution in [3.05, 3.63) is 126 Å². The predicted octanol–water partition coefficient (Wildman–Crippen LogP) is 3.79. The van der Waals surface area contributed by atoms with E-state index in [1.165, 1.54) is 6.92 Å². The van der Waals surface area contributed by atoms with Gasteiger partial charge in [-0.05, 0) is 82.2 Å². The van der Waals surface area contributed by atoms with Crippen molar-refractivity contribution in [1.82, 2.24) is 0 Å². The summed E-state index contributed by atoms with van der Waals surface area (Å²) in [5, 5.41) is 110. The Kier molecular flexibility index (Phi) is 30.6. The van der Waals surface area contributed by atoms with Gasteiger partial charge in [-0.25, -0.2) is 0 Å². The first-order chi connectivity index (χ1) is 37.0. The normalized spacial score (nSPS) is 31.8. The van der Waals surface area contributed by atoms with Crippen molar-refractivity contribution >= 4 is 29.0 Å². The Balaban J connectivity index is 1.82. The fourth-order valence-electron chi connectivity index (χ4n) is 8.85. The highest BCUT2D eigenvalue weighted by Crippen LogP contribution is 2.28. The number of ether oxygens (including phenoxy) is 3. The van der Waals surface area contributed by atoms with Crippen LogP contribution in [0.3, 0.4) is 0 Å². The van der Waals surface area contributed by atoms with Gasteiger partial charge in [0.2, 0.25) is 0 Å². The summed E-state index contributed by atoms with van der Waals surface area (Å²) in [5.74, 6) is -3.43. The number of nitrogens with two attached hydrogens (primary N) is 1. The van der Waals surface area contributed by atoms with Gasteiger partial charge in [0, 0.05) is 55.8 Å².